The molecule has 0 bridgehead atoms. The van der Waals surface area contributed by atoms with Gasteiger partial charge in [-0.25, -0.2) is 0 Å². The Labute approximate surface area is 122 Å². The molecule has 1 N–H and O–H groups in total. The van der Waals surface area contributed by atoms with E-state index in [-0.39, 0.29) is 0 Å². The van der Waals surface area contributed by atoms with Crippen LogP contribution in [0.4, 0.5) is 5.95 Å². The number of nitrogens with zero attached hydrogens (tertiary/aromatic N) is 3. The Kier molecular flexibility index (Phi) is 5.83. The topological polar surface area (TPSA) is 54.2 Å². The van der Waals surface area contributed by atoms with Gasteiger partial charge in [-0.15, -0.1) is 0 Å². The van der Waals surface area contributed by atoms with Crippen LogP contribution in [-0.2, 0) is 6.42 Å². The highest BCUT2D eigenvalue weighted by Crippen LogP contribution is 2.17. The van der Waals surface area contributed by atoms with Crippen molar-refractivity contribution in [1.82, 2.24) is 15.5 Å². The molecule has 1 unspecified atom stereocenters. The van der Waals surface area contributed by atoms with Gasteiger partial charge in [-0.2, -0.15) is 4.98 Å². The van der Waals surface area contributed by atoms with Gasteiger partial charge in [-0.3, -0.25) is 0 Å². The second kappa shape index (κ2) is 7.62. The smallest absolute Gasteiger partial charge is 0.266 e. The van der Waals surface area contributed by atoms with Crippen LogP contribution in [0.2, 0.25) is 0 Å². The summed E-state index contributed by atoms with van der Waals surface area (Å²) in [6.07, 6.45) is 7.04. The Hall–Kier alpha value is -1.10. The lowest BCUT2D eigenvalue weighted by molar-refractivity contribution is 0.344. The lowest BCUT2D eigenvalue weighted by Gasteiger charge is -2.17. The molecule has 1 aromatic heterocycles. The molecule has 0 saturated carbocycles. The quantitative estimate of drug-likeness (QED) is 0.868. The summed E-state index contributed by atoms with van der Waals surface area (Å²) in [5.74, 6) is 2.20. The maximum absolute atomic E-state index is 5.43. The highest BCUT2D eigenvalue weighted by Gasteiger charge is 2.18. The molecule has 1 saturated heterocycles. The Morgan fingerprint density at radius 1 is 1.20 bits per heavy atom. The van der Waals surface area contributed by atoms with Crippen LogP contribution in [0, 0.1) is 5.92 Å². The Balaban J connectivity index is 1.93. The minimum Gasteiger partial charge on any atom is -0.338 e. The van der Waals surface area contributed by atoms with Crippen molar-refractivity contribution in [1.29, 1.82) is 0 Å². The predicted octanol–water partition coefficient (Wildman–Crippen LogP) is 2.63. The first-order chi connectivity index (χ1) is 9.69. The molecular weight excluding hydrogens is 252 g/mol. The van der Waals surface area contributed by atoms with Crippen LogP contribution >= 0.6 is 0 Å². The number of nitrogens with one attached hydrogen (secondary N) is 1. The van der Waals surface area contributed by atoms with E-state index < -0.39 is 0 Å². The van der Waals surface area contributed by atoms with Crippen molar-refractivity contribution in [2.75, 3.05) is 25.0 Å². The van der Waals surface area contributed by atoms with E-state index in [0.717, 1.165) is 37.8 Å². The first kappa shape index (κ1) is 15.3. The van der Waals surface area contributed by atoms with Gasteiger partial charge in [0.05, 0.1) is 0 Å². The molecule has 2 rings (SSSR count). The number of likely N-dealkylation sites (N-methyl/N-ethyl adjacent to an activating group) is 1. The second-order valence-corrected chi connectivity index (χ2v) is 6.21. The highest BCUT2D eigenvalue weighted by atomic mass is 16.5. The van der Waals surface area contributed by atoms with Crippen LogP contribution in [0.15, 0.2) is 4.52 Å². The van der Waals surface area contributed by atoms with E-state index in [2.05, 4.69) is 34.2 Å². The number of rotatable bonds is 6. The monoisotopic (exact) mass is 280 g/mol. The van der Waals surface area contributed by atoms with Gasteiger partial charge < -0.3 is 14.7 Å². The second-order valence-electron chi connectivity index (χ2n) is 6.21. The molecule has 0 aliphatic carbocycles. The van der Waals surface area contributed by atoms with Crippen LogP contribution in [0.25, 0.3) is 0 Å². The summed E-state index contributed by atoms with van der Waals surface area (Å²) >= 11 is 0. The maximum atomic E-state index is 5.43. The van der Waals surface area contributed by atoms with Crippen LogP contribution in [0.1, 0.15) is 51.8 Å². The molecular formula is C15H28N4O. The third-order valence-corrected chi connectivity index (χ3v) is 3.93. The number of hydrogen-bond donors (Lipinski definition) is 1. The molecule has 0 aromatic carbocycles. The van der Waals surface area contributed by atoms with Crippen LogP contribution in [0.5, 0.6) is 0 Å². The summed E-state index contributed by atoms with van der Waals surface area (Å²) in [4.78, 5) is 6.84. The molecule has 1 fully saturated rings. The van der Waals surface area contributed by atoms with Crippen molar-refractivity contribution in [3.05, 3.63) is 5.89 Å². The molecule has 1 aromatic rings. The molecule has 114 valence electrons. The summed E-state index contributed by atoms with van der Waals surface area (Å²) in [6, 6.07) is 0.410. The van der Waals surface area contributed by atoms with Crippen LogP contribution in [0.3, 0.4) is 0 Å². The first-order valence-electron chi connectivity index (χ1n) is 7.94. The summed E-state index contributed by atoms with van der Waals surface area (Å²) < 4.78 is 5.43. The molecule has 2 heterocycles. The molecule has 1 atom stereocenters. The van der Waals surface area contributed by atoms with Crippen molar-refractivity contribution in [3.63, 3.8) is 0 Å². The molecule has 5 heteroatoms. The zero-order valence-electron chi connectivity index (χ0n) is 13.1. The number of hydrogen-bond acceptors (Lipinski definition) is 5. The number of anilines is 1. The first-order valence-corrected chi connectivity index (χ1v) is 7.94. The largest absolute Gasteiger partial charge is 0.338 e. The third kappa shape index (κ3) is 4.47. The maximum Gasteiger partial charge on any atom is 0.266 e. The van der Waals surface area contributed by atoms with E-state index in [1.165, 1.54) is 25.7 Å². The van der Waals surface area contributed by atoms with E-state index in [1.54, 1.807) is 0 Å². The minimum atomic E-state index is 0.410. The van der Waals surface area contributed by atoms with Crippen molar-refractivity contribution < 1.29 is 4.52 Å². The van der Waals surface area contributed by atoms with Gasteiger partial charge in [0.2, 0.25) is 5.89 Å². The van der Waals surface area contributed by atoms with E-state index in [1.807, 2.05) is 7.05 Å². The average Bonchev–Trinajstić information content (AvgIpc) is 2.71. The van der Waals surface area contributed by atoms with Gasteiger partial charge in [0.15, 0.2) is 0 Å². The summed E-state index contributed by atoms with van der Waals surface area (Å²) in [6.45, 7) is 6.59. The van der Waals surface area contributed by atoms with Gasteiger partial charge in [0.1, 0.15) is 0 Å². The minimum absolute atomic E-state index is 0.410. The molecule has 0 amide bonds. The van der Waals surface area contributed by atoms with E-state index in [4.69, 9.17) is 4.52 Å². The summed E-state index contributed by atoms with van der Waals surface area (Å²) in [5, 5.41) is 7.50. The lowest BCUT2D eigenvalue weighted by atomic mass is 10.0. The van der Waals surface area contributed by atoms with E-state index in [0.29, 0.717) is 12.0 Å². The standard InChI is InChI=1S/C15H28N4O/c1-12(2)10-13(16-3)11-14-17-15(18-20-14)19-8-6-4-5-7-9-19/h12-13,16H,4-11H2,1-3H3. The molecule has 1 aliphatic heterocycles. The van der Waals surface area contributed by atoms with Crippen molar-refractivity contribution >= 4 is 5.95 Å². The van der Waals surface area contributed by atoms with Gasteiger partial charge in [-0.1, -0.05) is 26.7 Å². The average molecular weight is 280 g/mol. The number of aromatic nitrogens is 2. The SMILES string of the molecule is CNC(Cc1nc(N2CCCCCC2)no1)CC(C)C. The molecule has 5 nitrogen and oxygen atoms in total. The summed E-state index contributed by atoms with van der Waals surface area (Å²) in [5.41, 5.74) is 0. The summed E-state index contributed by atoms with van der Waals surface area (Å²) in [7, 11) is 2.00. The Bertz CT molecular complexity index is 383. The van der Waals surface area contributed by atoms with Gasteiger partial charge in [-0.05, 0) is 37.4 Å². The molecule has 0 radical (unpaired) electrons. The van der Waals surface area contributed by atoms with Gasteiger partial charge in [0.25, 0.3) is 5.95 Å². The highest BCUT2D eigenvalue weighted by molar-refractivity contribution is 5.27. The molecule has 0 spiro atoms. The van der Waals surface area contributed by atoms with E-state index in [9.17, 15) is 0 Å². The van der Waals surface area contributed by atoms with Gasteiger partial charge >= 0.3 is 0 Å². The van der Waals surface area contributed by atoms with Crippen LogP contribution < -0.4 is 10.2 Å². The normalized spacial score (nSPS) is 18.3. The predicted molar refractivity (Wildman–Crippen MR) is 81.0 cm³/mol. The Morgan fingerprint density at radius 3 is 2.50 bits per heavy atom. The Morgan fingerprint density at radius 2 is 1.90 bits per heavy atom. The van der Waals surface area contributed by atoms with Crippen molar-refractivity contribution in [2.45, 2.75) is 58.4 Å². The molecule has 1 aliphatic rings. The lowest BCUT2D eigenvalue weighted by Crippen LogP contribution is -2.29. The van der Waals surface area contributed by atoms with Crippen molar-refractivity contribution in [3.8, 4) is 0 Å². The third-order valence-electron chi connectivity index (χ3n) is 3.93. The van der Waals surface area contributed by atoms with Crippen molar-refractivity contribution in [2.24, 2.45) is 5.92 Å². The fraction of sp³-hybridized carbons (Fsp3) is 0.867. The van der Waals surface area contributed by atoms with E-state index >= 15 is 0 Å². The zero-order valence-corrected chi connectivity index (χ0v) is 13.1. The zero-order chi connectivity index (χ0) is 14.4. The fourth-order valence-electron chi connectivity index (χ4n) is 2.81. The van der Waals surface area contributed by atoms with Crippen LogP contribution in [-0.4, -0.2) is 36.3 Å². The van der Waals surface area contributed by atoms with Gasteiger partial charge in [0, 0.05) is 25.6 Å². The fourth-order valence-corrected chi connectivity index (χ4v) is 2.81. The molecule has 20 heavy (non-hydrogen) atoms.